The van der Waals surface area contributed by atoms with E-state index >= 15 is 0 Å². The highest BCUT2D eigenvalue weighted by atomic mass is 79.9. The summed E-state index contributed by atoms with van der Waals surface area (Å²) in [4.78, 5) is 12.1. The van der Waals surface area contributed by atoms with Gasteiger partial charge in [-0.1, -0.05) is 28.1 Å². The molecule has 1 N–H and O–H groups in total. The van der Waals surface area contributed by atoms with Gasteiger partial charge >= 0.3 is 0 Å². The largest absolute Gasteiger partial charge is 0.467 e. The van der Waals surface area contributed by atoms with Gasteiger partial charge in [0.1, 0.15) is 5.76 Å². The fourth-order valence-electron chi connectivity index (χ4n) is 1.68. The summed E-state index contributed by atoms with van der Waals surface area (Å²) in [6.07, 6.45) is 1.60. The van der Waals surface area contributed by atoms with Crippen LogP contribution in [0.1, 0.15) is 34.6 Å². The molecular formula is C14H14BrNO2. The highest BCUT2D eigenvalue weighted by Gasteiger charge is 2.13. The van der Waals surface area contributed by atoms with E-state index in [1.54, 1.807) is 12.3 Å². The molecule has 2 rings (SSSR count). The Morgan fingerprint density at radius 1 is 1.39 bits per heavy atom. The van der Waals surface area contributed by atoms with Gasteiger partial charge in [-0.25, -0.2) is 0 Å². The minimum atomic E-state index is -0.139. The second-order valence-electron chi connectivity index (χ2n) is 4.04. The zero-order valence-corrected chi connectivity index (χ0v) is 11.6. The highest BCUT2D eigenvalue weighted by Crippen LogP contribution is 2.14. The van der Waals surface area contributed by atoms with E-state index in [9.17, 15) is 4.79 Å². The first-order valence-electron chi connectivity index (χ1n) is 5.70. The molecule has 0 radical (unpaired) electrons. The number of nitrogens with one attached hydrogen (secondary N) is 1. The smallest absolute Gasteiger partial charge is 0.251 e. The van der Waals surface area contributed by atoms with Crippen LogP contribution in [0.2, 0.25) is 0 Å². The lowest BCUT2D eigenvalue weighted by Gasteiger charge is -2.11. The van der Waals surface area contributed by atoms with Crippen molar-refractivity contribution in [1.29, 1.82) is 0 Å². The van der Waals surface area contributed by atoms with Crippen molar-refractivity contribution in [1.82, 2.24) is 5.32 Å². The quantitative estimate of drug-likeness (QED) is 0.876. The van der Waals surface area contributed by atoms with E-state index in [0.717, 1.165) is 16.7 Å². The van der Waals surface area contributed by atoms with Crippen LogP contribution in [0.3, 0.4) is 0 Å². The number of benzene rings is 1. The Labute approximate surface area is 114 Å². The third-order valence-electron chi connectivity index (χ3n) is 2.66. The molecule has 2 aromatic rings. The van der Waals surface area contributed by atoms with Gasteiger partial charge in [0.15, 0.2) is 0 Å². The molecule has 0 fully saturated rings. The first-order chi connectivity index (χ1) is 8.70. The predicted octanol–water partition coefficient (Wildman–Crippen LogP) is 3.67. The van der Waals surface area contributed by atoms with Gasteiger partial charge in [-0.15, -0.1) is 0 Å². The van der Waals surface area contributed by atoms with Gasteiger partial charge in [0.2, 0.25) is 0 Å². The Bertz CT molecular complexity index is 522. The maximum Gasteiger partial charge on any atom is 0.251 e. The number of carbonyl (C=O) groups excluding carboxylic acids is 1. The van der Waals surface area contributed by atoms with E-state index in [2.05, 4.69) is 21.2 Å². The maximum absolute atomic E-state index is 12.1. The molecule has 1 heterocycles. The lowest BCUT2D eigenvalue weighted by atomic mass is 10.1. The molecule has 94 valence electrons. The van der Waals surface area contributed by atoms with E-state index in [4.69, 9.17) is 4.42 Å². The standard InChI is InChI=1S/C14H14BrNO2/c1-10(13-6-3-7-18-13)16-14(17)12-5-2-4-11(8-12)9-15/h2-8,10H,9H2,1H3,(H,16,17). The third kappa shape index (κ3) is 3.01. The van der Waals surface area contributed by atoms with Gasteiger partial charge in [0.25, 0.3) is 5.91 Å². The van der Waals surface area contributed by atoms with E-state index in [-0.39, 0.29) is 11.9 Å². The van der Waals surface area contributed by atoms with Crippen LogP contribution in [-0.2, 0) is 5.33 Å². The molecule has 4 heteroatoms. The molecule has 0 saturated carbocycles. The van der Waals surface area contributed by atoms with Crippen molar-refractivity contribution in [2.24, 2.45) is 0 Å². The number of hydrogen-bond acceptors (Lipinski definition) is 2. The van der Waals surface area contributed by atoms with Crippen LogP contribution < -0.4 is 5.32 Å². The van der Waals surface area contributed by atoms with E-state index in [1.807, 2.05) is 37.3 Å². The van der Waals surface area contributed by atoms with Crippen LogP contribution in [0.5, 0.6) is 0 Å². The van der Waals surface area contributed by atoms with Gasteiger partial charge in [0.05, 0.1) is 12.3 Å². The van der Waals surface area contributed by atoms with E-state index in [0.29, 0.717) is 5.56 Å². The summed E-state index contributed by atoms with van der Waals surface area (Å²) >= 11 is 3.38. The lowest BCUT2D eigenvalue weighted by molar-refractivity contribution is 0.0935. The van der Waals surface area contributed by atoms with Crippen LogP contribution in [0.15, 0.2) is 47.1 Å². The topological polar surface area (TPSA) is 42.2 Å². The first kappa shape index (κ1) is 12.9. The Morgan fingerprint density at radius 3 is 2.89 bits per heavy atom. The van der Waals surface area contributed by atoms with Gasteiger partial charge in [-0.05, 0) is 36.8 Å². The van der Waals surface area contributed by atoms with Crippen LogP contribution >= 0.6 is 15.9 Å². The van der Waals surface area contributed by atoms with Crippen LogP contribution in [-0.4, -0.2) is 5.91 Å². The van der Waals surface area contributed by atoms with Crippen molar-refractivity contribution in [3.05, 3.63) is 59.5 Å². The molecule has 1 unspecified atom stereocenters. The summed E-state index contributed by atoms with van der Waals surface area (Å²) in [5, 5.41) is 3.64. The molecule has 0 bridgehead atoms. The van der Waals surface area contributed by atoms with Crippen molar-refractivity contribution in [3.8, 4) is 0 Å². The SMILES string of the molecule is CC(NC(=O)c1cccc(CBr)c1)c1ccco1. The monoisotopic (exact) mass is 307 g/mol. The van der Waals surface area contributed by atoms with Crippen LogP contribution in [0.4, 0.5) is 0 Å². The average Bonchev–Trinajstić information content (AvgIpc) is 2.92. The Balaban J connectivity index is 2.07. The molecule has 3 nitrogen and oxygen atoms in total. The molecule has 1 atom stereocenters. The fourth-order valence-corrected chi connectivity index (χ4v) is 2.03. The second-order valence-corrected chi connectivity index (χ2v) is 4.61. The molecule has 18 heavy (non-hydrogen) atoms. The molecule has 1 aromatic heterocycles. The second kappa shape index (κ2) is 5.87. The number of halogens is 1. The van der Waals surface area contributed by atoms with E-state index in [1.165, 1.54) is 0 Å². The Hall–Kier alpha value is -1.55. The summed E-state index contributed by atoms with van der Waals surface area (Å²) in [7, 11) is 0. The number of alkyl halides is 1. The van der Waals surface area contributed by atoms with Crippen molar-refractivity contribution in [2.45, 2.75) is 18.3 Å². The number of furan rings is 1. The average molecular weight is 308 g/mol. The summed E-state index contributed by atoms with van der Waals surface area (Å²) < 4.78 is 5.25. The maximum atomic E-state index is 12.1. The summed E-state index contributed by atoms with van der Waals surface area (Å²) in [6.45, 7) is 1.89. The molecule has 0 aliphatic heterocycles. The molecule has 0 spiro atoms. The Kier molecular flexibility index (Phi) is 4.20. The van der Waals surface area contributed by atoms with Crippen molar-refractivity contribution in [2.75, 3.05) is 0 Å². The summed E-state index contributed by atoms with van der Waals surface area (Å²) in [5.41, 5.74) is 1.73. The first-order valence-corrected chi connectivity index (χ1v) is 6.82. The van der Waals surface area contributed by atoms with E-state index < -0.39 is 0 Å². The molecule has 1 amide bonds. The van der Waals surface area contributed by atoms with Crippen molar-refractivity contribution in [3.63, 3.8) is 0 Å². The predicted molar refractivity (Wildman–Crippen MR) is 73.7 cm³/mol. The minimum Gasteiger partial charge on any atom is -0.467 e. The summed E-state index contributed by atoms with van der Waals surface area (Å²) in [5.74, 6) is 0.654. The number of amides is 1. The number of hydrogen-bond donors (Lipinski definition) is 1. The van der Waals surface area contributed by atoms with Crippen molar-refractivity contribution >= 4 is 21.8 Å². The van der Waals surface area contributed by atoms with Gasteiger partial charge < -0.3 is 9.73 Å². The van der Waals surface area contributed by atoms with Gasteiger partial charge in [-0.2, -0.15) is 0 Å². The fraction of sp³-hybridized carbons (Fsp3) is 0.214. The number of rotatable bonds is 4. The molecular weight excluding hydrogens is 294 g/mol. The zero-order chi connectivity index (χ0) is 13.0. The lowest BCUT2D eigenvalue weighted by Crippen LogP contribution is -2.26. The Morgan fingerprint density at radius 2 is 2.22 bits per heavy atom. The normalized spacial score (nSPS) is 12.1. The third-order valence-corrected chi connectivity index (χ3v) is 3.31. The molecule has 0 aliphatic carbocycles. The summed E-state index contributed by atoms with van der Waals surface area (Å²) in [6, 6.07) is 11.0. The minimum absolute atomic E-state index is 0.0956. The number of carbonyl (C=O) groups is 1. The molecule has 1 aromatic carbocycles. The zero-order valence-electron chi connectivity index (χ0n) is 10.0. The molecule has 0 saturated heterocycles. The highest BCUT2D eigenvalue weighted by molar-refractivity contribution is 9.08. The van der Waals surface area contributed by atoms with Gasteiger partial charge in [0, 0.05) is 10.9 Å². The van der Waals surface area contributed by atoms with Crippen molar-refractivity contribution < 1.29 is 9.21 Å². The van der Waals surface area contributed by atoms with Gasteiger partial charge in [-0.3, -0.25) is 4.79 Å². The van der Waals surface area contributed by atoms with Crippen LogP contribution in [0, 0.1) is 0 Å². The van der Waals surface area contributed by atoms with Crippen LogP contribution in [0.25, 0.3) is 0 Å². The molecule has 0 aliphatic rings.